The van der Waals surface area contributed by atoms with Gasteiger partial charge >= 0.3 is 0 Å². The van der Waals surface area contributed by atoms with Crippen molar-refractivity contribution in [2.24, 2.45) is 5.41 Å². The maximum absolute atomic E-state index is 5.51. The molecule has 0 saturated heterocycles. The quantitative estimate of drug-likeness (QED) is 0.198. The highest BCUT2D eigenvalue weighted by Gasteiger charge is 2.31. The average molecular weight is 536 g/mol. The number of thioether (sulfide) groups is 1. The number of hydrogen-bond acceptors (Lipinski definition) is 3. The van der Waals surface area contributed by atoms with Crippen LogP contribution in [0.25, 0.3) is 0 Å². The first kappa shape index (κ1) is 35.5. The maximum atomic E-state index is 5.51. The van der Waals surface area contributed by atoms with E-state index in [1.807, 2.05) is 30.3 Å². The van der Waals surface area contributed by atoms with Gasteiger partial charge in [0.25, 0.3) is 0 Å². The predicted molar refractivity (Wildman–Crippen MR) is 173 cm³/mol. The number of hydrogen-bond donors (Lipinski definition) is 0. The van der Waals surface area contributed by atoms with Gasteiger partial charge in [-0.3, -0.25) is 0 Å². The molecule has 0 radical (unpaired) electrons. The van der Waals surface area contributed by atoms with Gasteiger partial charge in [-0.2, -0.15) is 0 Å². The van der Waals surface area contributed by atoms with E-state index in [1.165, 1.54) is 80.5 Å². The molecular weight excluding hydrogens is 482 g/mol. The monoisotopic (exact) mass is 535 g/mol. The molecule has 38 heavy (non-hydrogen) atoms. The van der Waals surface area contributed by atoms with Crippen LogP contribution in [0.1, 0.15) is 90.5 Å². The van der Waals surface area contributed by atoms with Crippen molar-refractivity contribution in [1.82, 2.24) is 0 Å². The van der Waals surface area contributed by atoms with Crippen LogP contribution in [0.4, 0.5) is 5.69 Å². The zero-order chi connectivity index (χ0) is 28.7. The average Bonchev–Trinajstić information content (AvgIpc) is 3.16. The van der Waals surface area contributed by atoms with Crippen molar-refractivity contribution >= 4 is 17.4 Å². The van der Waals surface area contributed by atoms with Crippen LogP contribution in [-0.2, 0) is 6.42 Å². The largest absolute Gasteiger partial charge is 0.494 e. The Balaban J connectivity index is 0.000000723. The highest BCUT2D eigenvalue weighted by atomic mass is 32.2. The fraction of sp³-hybridized carbons (Fsp3) is 0.543. The Bertz CT molecular complexity index is 857. The van der Waals surface area contributed by atoms with Crippen molar-refractivity contribution < 1.29 is 4.74 Å². The number of anilines is 1. The van der Waals surface area contributed by atoms with Crippen LogP contribution in [0.3, 0.4) is 0 Å². The molecular formula is C35H53NOS. The molecule has 1 aliphatic heterocycles. The second-order valence-corrected chi connectivity index (χ2v) is 11.1. The van der Waals surface area contributed by atoms with Gasteiger partial charge in [-0.05, 0) is 73.4 Å². The zero-order valence-corrected chi connectivity index (χ0v) is 25.7. The summed E-state index contributed by atoms with van der Waals surface area (Å²) in [7, 11) is 4.27. The van der Waals surface area contributed by atoms with Crippen LogP contribution in [-0.4, -0.2) is 26.5 Å². The van der Waals surface area contributed by atoms with E-state index in [4.69, 9.17) is 4.74 Å². The molecule has 0 N–H and O–H groups in total. The lowest BCUT2D eigenvalue weighted by atomic mass is 9.75. The molecule has 2 aromatic carbocycles. The molecule has 0 saturated carbocycles. The maximum Gasteiger partial charge on any atom is 0.119 e. The van der Waals surface area contributed by atoms with E-state index < -0.39 is 0 Å². The Kier molecular flexibility index (Phi) is 21.0. The summed E-state index contributed by atoms with van der Waals surface area (Å²) < 4.78 is 5.51. The summed E-state index contributed by atoms with van der Waals surface area (Å²) in [5.41, 5.74) is 3.49. The fourth-order valence-corrected chi connectivity index (χ4v) is 5.97. The van der Waals surface area contributed by atoms with Crippen molar-refractivity contribution in [3.05, 3.63) is 54.1 Å². The molecule has 2 nitrogen and oxygen atoms in total. The number of benzene rings is 2. The summed E-state index contributed by atoms with van der Waals surface area (Å²) in [5.74, 6) is 2.30. The molecule has 1 heterocycles. The number of nitrogens with zero attached hydrogens (tertiary/aromatic N) is 1. The first-order chi connectivity index (χ1) is 18.5. The van der Waals surface area contributed by atoms with Crippen LogP contribution in [0.5, 0.6) is 5.75 Å². The predicted octanol–water partition coefficient (Wildman–Crippen LogP) is 9.91. The van der Waals surface area contributed by atoms with E-state index in [1.54, 1.807) is 5.56 Å². The lowest BCUT2D eigenvalue weighted by Crippen LogP contribution is -2.24. The van der Waals surface area contributed by atoms with Crippen molar-refractivity contribution in [2.75, 3.05) is 31.4 Å². The molecule has 0 atom stereocenters. The van der Waals surface area contributed by atoms with E-state index in [0.29, 0.717) is 5.41 Å². The summed E-state index contributed by atoms with van der Waals surface area (Å²) in [6.45, 7) is 7.70. The van der Waals surface area contributed by atoms with Gasteiger partial charge in [0, 0.05) is 30.4 Å². The van der Waals surface area contributed by atoms with Gasteiger partial charge in [0.2, 0.25) is 0 Å². The zero-order valence-electron chi connectivity index (χ0n) is 24.9. The molecule has 2 aromatic rings. The Morgan fingerprint density at radius 2 is 1.42 bits per heavy atom. The number of rotatable bonds is 12. The summed E-state index contributed by atoms with van der Waals surface area (Å²) in [6.07, 6.45) is 30.6. The van der Waals surface area contributed by atoms with Gasteiger partial charge in [0.15, 0.2) is 0 Å². The summed E-state index contributed by atoms with van der Waals surface area (Å²) in [4.78, 5) is 3.75. The van der Waals surface area contributed by atoms with Crippen LogP contribution in [0.15, 0.2) is 53.4 Å². The molecule has 1 aliphatic rings. The summed E-state index contributed by atoms with van der Waals surface area (Å²) in [6, 6.07) is 17.0. The van der Waals surface area contributed by atoms with Crippen molar-refractivity contribution in [1.29, 1.82) is 0 Å². The lowest BCUT2D eigenvalue weighted by Gasteiger charge is -2.32. The molecule has 3 heteroatoms. The van der Waals surface area contributed by atoms with Gasteiger partial charge in [-0.1, -0.05) is 77.5 Å². The molecule has 0 spiro atoms. The lowest BCUT2D eigenvalue weighted by molar-refractivity contribution is 0.244. The molecule has 210 valence electrons. The Labute approximate surface area is 240 Å². The summed E-state index contributed by atoms with van der Waals surface area (Å²) in [5, 5.41) is 0. The highest BCUT2D eigenvalue weighted by Crippen LogP contribution is 2.45. The van der Waals surface area contributed by atoms with Crippen molar-refractivity contribution in [3.63, 3.8) is 0 Å². The van der Waals surface area contributed by atoms with E-state index in [0.717, 1.165) is 18.8 Å². The highest BCUT2D eigenvalue weighted by molar-refractivity contribution is 7.99. The molecule has 0 aliphatic carbocycles. The second kappa shape index (κ2) is 22.5. The van der Waals surface area contributed by atoms with Gasteiger partial charge in [-0.25, -0.2) is 0 Å². The fourth-order valence-electron chi connectivity index (χ4n) is 4.56. The van der Waals surface area contributed by atoms with E-state index in [9.17, 15) is 0 Å². The number of unbranched alkanes of at least 4 members (excludes halogenated alkanes) is 4. The normalized spacial score (nSPS) is 13.0. The smallest absolute Gasteiger partial charge is 0.119 e. The topological polar surface area (TPSA) is 12.5 Å². The minimum absolute atomic E-state index is 0.577. The standard InChI is InChI=1S/C20H33NS.C11H16O.2C2H2/c1-5-7-12-20(13-8-6-2)14-11-17-15-18(21(3)4)9-10-19(17)22-16-20;1-2-3-7-10-12-11-8-5-4-6-9-11;2*1-2/h9-10,15H,5-8,11-14,16H2,1-4H3;4-6,8-9H,2-3,7,10H2,1H3;2*1-2H. The van der Waals surface area contributed by atoms with Gasteiger partial charge in [0.1, 0.15) is 5.75 Å². The number of fused-ring (bicyclic) bond motifs is 1. The minimum atomic E-state index is 0.577. The Morgan fingerprint density at radius 3 is 1.97 bits per heavy atom. The van der Waals surface area contributed by atoms with Gasteiger partial charge in [0.05, 0.1) is 6.61 Å². The Morgan fingerprint density at radius 1 is 0.816 bits per heavy atom. The van der Waals surface area contributed by atoms with Gasteiger partial charge in [-0.15, -0.1) is 37.5 Å². The third kappa shape index (κ3) is 13.9. The number of para-hydroxylation sites is 1. The first-order valence-corrected chi connectivity index (χ1v) is 15.3. The van der Waals surface area contributed by atoms with Crippen LogP contribution in [0.2, 0.25) is 0 Å². The first-order valence-electron chi connectivity index (χ1n) is 14.3. The third-order valence-corrected chi connectivity index (χ3v) is 8.37. The Hall–Kier alpha value is -2.49. The molecule has 0 bridgehead atoms. The van der Waals surface area contributed by atoms with Crippen LogP contribution >= 0.6 is 11.8 Å². The minimum Gasteiger partial charge on any atom is -0.494 e. The molecule has 0 unspecified atom stereocenters. The number of terminal acetylenes is 2. The third-order valence-electron chi connectivity index (χ3n) is 6.90. The molecule has 0 amide bonds. The van der Waals surface area contributed by atoms with E-state index >= 15 is 0 Å². The number of ether oxygens (including phenoxy) is 1. The second-order valence-electron chi connectivity index (χ2n) is 10.1. The van der Waals surface area contributed by atoms with Crippen molar-refractivity contribution in [3.8, 4) is 31.4 Å². The number of aryl methyl sites for hydroxylation is 1. The van der Waals surface area contributed by atoms with Crippen molar-refractivity contribution in [2.45, 2.75) is 96.3 Å². The van der Waals surface area contributed by atoms with E-state index in [-0.39, 0.29) is 0 Å². The van der Waals surface area contributed by atoms with Crippen LogP contribution < -0.4 is 9.64 Å². The van der Waals surface area contributed by atoms with Crippen LogP contribution in [0, 0.1) is 31.1 Å². The summed E-state index contributed by atoms with van der Waals surface area (Å²) >= 11 is 2.12. The SMILES string of the molecule is C#C.C#C.CCCCC1(CCCC)CCc2cc(N(C)C)ccc2SC1.CCCCCOc1ccccc1. The van der Waals surface area contributed by atoms with E-state index in [2.05, 4.69) is 95.4 Å². The van der Waals surface area contributed by atoms with Gasteiger partial charge < -0.3 is 9.64 Å². The molecule has 0 aromatic heterocycles. The molecule has 0 fully saturated rings. The molecule has 3 rings (SSSR count).